The maximum atomic E-state index is 5.21. The highest BCUT2D eigenvalue weighted by Gasteiger charge is 2.07. The lowest BCUT2D eigenvalue weighted by molar-refractivity contribution is 0.372. The summed E-state index contributed by atoms with van der Waals surface area (Å²) in [5, 5.41) is 10.2. The van der Waals surface area contributed by atoms with Crippen LogP contribution in [0.3, 0.4) is 0 Å². The molecule has 0 amide bonds. The minimum atomic E-state index is 0.380. The molecule has 17 heavy (non-hydrogen) atoms. The Morgan fingerprint density at radius 1 is 1.59 bits per heavy atom. The third-order valence-electron chi connectivity index (χ3n) is 2.24. The van der Waals surface area contributed by atoms with E-state index in [2.05, 4.69) is 41.2 Å². The van der Waals surface area contributed by atoms with Gasteiger partial charge in [-0.25, -0.2) is 0 Å². The Morgan fingerprint density at radius 3 is 2.88 bits per heavy atom. The molecule has 0 spiro atoms. The highest BCUT2D eigenvalue weighted by atomic mass is 16.5. The first kappa shape index (κ1) is 13.3. The van der Waals surface area contributed by atoms with Gasteiger partial charge in [0.15, 0.2) is 11.7 Å². The van der Waals surface area contributed by atoms with E-state index in [1.54, 1.807) is 13.1 Å². The first-order valence-corrected chi connectivity index (χ1v) is 5.68. The van der Waals surface area contributed by atoms with Gasteiger partial charge >= 0.3 is 0 Å². The van der Waals surface area contributed by atoms with Crippen molar-refractivity contribution in [1.82, 2.24) is 15.8 Å². The Hall–Kier alpha value is -1.78. The molecule has 2 N–H and O–H groups in total. The molecule has 0 aliphatic carbocycles. The fraction of sp³-hybridized carbons (Fsp3) is 0.500. The number of hydrogen-bond acceptors (Lipinski definition) is 3. The quantitative estimate of drug-likeness (QED) is 0.463. The third-order valence-corrected chi connectivity index (χ3v) is 2.24. The van der Waals surface area contributed by atoms with Gasteiger partial charge in [-0.2, -0.15) is 0 Å². The van der Waals surface area contributed by atoms with Gasteiger partial charge in [-0.3, -0.25) is 4.99 Å². The molecule has 0 saturated carbocycles. The number of nitrogens with one attached hydrogen (secondary N) is 2. The van der Waals surface area contributed by atoms with E-state index in [0.29, 0.717) is 25.0 Å². The van der Waals surface area contributed by atoms with Crippen molar-refractivity contribution in [2.45, 2.75) is 26.3 Å². The summed E-state index contributed by atoms with van der Waals surface area (Å²) in [4.78, 5) is 4.07. The maximum Gasteiger partial charge on any atom is 0.191 e. The van der Waals surface area contributed by atoms with Gasteiger partial charge in [-0.15, -0.1) is 6.58 Å². The zero-order valence-corrected chi connectivity index (χ0v) is 10.7. The van der Waals surface area contributed by atoms with Crippen LogP contribution in [0.5, 0.6) is 0 Å². The van der Waals surface area contributed by atoms with E-state index in [-0.39, 0.29) is 0 Å². The molecule has 0 aliphatic rings. The van der Waals surface area contributed by atoms with Gasteiger partial charge in [0.25, 0.3) is 0 Å². The highest BCUT2D eigenvalue weighted by molar-refractivity contribution is 5.79. The van der Waals surface area contributed by atoms with Crippen LogP contribution in [0.1, 0.15) is 31.2 Å². The SMILES string of the molecule is C=CCNC(=NC)NCc1cc(C(C)C)no1. The molecule has 1 aromatic rings. The van der Waals surface area contributed by atoms with E-state index in [0.717, 1.165) is 11.5 Å². The van der Waals surface area contributed by atoms with Crippen LogP contribution in [-0.2, 0) is 6.54 Å². The fourth-order valence-corrected chi connectivity index (χ4v) is 1.24. The fourth-order valence-electron chi connectivity index (χ4n) is 1.24. The standard InChI is InChI=1S/C12H20N4O/c1-5-6-14-12(13-4)15-8-10-7-11(9(2)3)16-17-10/h5,7,9H,1,6,8H2,2-4H3,(H2,13,14,15). The van der Waals surface area contributed by atoms with Crippen LogP contribution >= 0.6 is 0 Å². The minimum absolute atomic E-state index is 0.380. The van der Waals surface area contributed by atoms with Gasteiger partial charge in [-0.1, -0.05) is 25.1 Å². The smallest absolute Gasteiger partial charge is 0.191 e. The van der Waals surface area contributed by atoms with Crippen molar-refractivity contribution >= 4 is 5.96 Å². The monoisotopic (exact) mass is 236 g/mol. The van der Waals surface area contributed by atoms with Crippen LogP contribution in [0.4, 0.5) is 0 Å². The number of guanidine groups is 1. The second-order valence-corrected chi connectivity index (χ2v) is 3.97. The van der Waals surface area contributed by atoms with E-state index >= 15 is 0 Å². The number of hydrogen-bond donors (Lipinski definition) is 2. The van der Waals surface area contributed by atoms with Crippen molar-refractivity contribution in [2.75, 3.05) is 13.6 Å². The molecule has 0 aliphatic heterocycles. The average Bonchev–Trinajstić information content (AvgIpc) is 2.78. The molecule has 94 valence electrons. The molecule has 0 radical (unpaired) electrons. The summed E-state index contributed by atoms with van der Waals surface area (Å²) in [6.45, 7) is 9.04. The maximum absolute atomic E-state index is 5.21. The van der Waals surface area contributed by atoms with Crippen molar-refractivity contribution in [3.8, 4) is 0 Å². The van der Waals surface area contributed by atoms with E-state index in [9.17, 15) is 0 Å². The van der Waals surface area contributed by atoms with Crippen LogP contribution in [-0.4, -0.2) is 24.7 Å². The molecule has 0 atom stereocenters. The van der Waals surface area contributed by atoms with Crippen LogP contribution in [0.2, 0.25) is 0 Å². The molecule has 0 bridgehead atoms. The molecule has 1 aromatic heterocycles. The predicted octanol–water partition coefficient (Wildman–Crippen LogP) is 1.65. The zero-order valence-electron chi connectivity index (χ0n) is 10.7. The summed E-state index contributed by atoms with van der Waals surface area (Å²) >= 11 is 0. The van der Waals surface area contributed by atoms with Gasteiger partial charge in [0, 0.05) is 19.7 Å². The Bertz CT molecular complexity index is 382. The number of aliphatic imine (C=N–C) groups is 1. The van der Waals surface area contributed by atoms with Crippen LogP contribution in [0, 0.1) is 0 Å². The Kier molecular flexibility index (Phi) is 5.26. The molecular weight excluding hydrogens is 216 g/mol. The lowest BCUT2D eigenvalue weighted by Gasteiger charge is -2.08. The first-order chi connectivity index (χ1) is 8.17. The molecule has 5 heteroatoms. The summed E-state index contributed by atoms with van der Waals surface area (Å²) in [5.74, 6) is 1.90. The minimum Gasteiger partial charge on any atom is -0.359 e. The average molecular weight is 236 g/mol. The predicted molar refractivity (Wildman–Crippen MR) is 69.0 cm³/mol. The summed E-state index contributed by atoms with van der Waals surface area (Å²) in [6.07, 6.45) is 1.78. The van der Waals surface area contributed by atoms with E-state index in [4.69, 9.17) is 4.52 Å². The molecule has 5 nitrogen and oxygen atoms in total. The Morgan fingerprint density at radius 2 is 2.35 bits per heavy atom. The largest absolute Gasteiger partial charge is 0.359 e. The van der Waals surface area contributed by atoms with E-state index in [1.807, 2.05) is 6.07 Å². The second-order valence-electron chi connectivity index (χ2n) is 3.97. The van der Waals surface area contributed by atoms with Gasteiger partial charge in [0.05, 0.1) is 12.2 Å². The number of aromatic nitrogens is 1. The van der Waals surface area contributed by atoms with Crippen LogP contribution in [0.15, 0.2) is 28.2 Å². The highest BCUT2D eigenvalue weighted by Crippen LogP contribution is 2.13. The Balaban J connectivity index is 2.45. The molecule has 0 unspecified atom stereocenters. The lowest BCUT2D eigenvalue weighted by atomic mass is 10.1. The summed E-state index contributed by atoms with van der Waals surface area (Å²) in [5.41, 5.74) is 0.968. The second kappa shape index (κ2) is 6.73. The number of nitrogens with zero attached hydrogens (tertiary/aromatic N) is 2. The molecule has 1 heterocycles. The van der Waals surface area contributed by atoms with Crippen molar-refractivity contribution in [3.05, 3.63) is 30.2 Å². The van der Waals surface area contributed by atoms with E-state index < -0.39 is 0 Å². The lowest BCUT2D eigenvalue weighted by Crippen LogP contribution is -2.36. The molecular formula is C12H20N4O. The zero-order chi connectivity index (χ0) is 12.7. The van der Waals surface area contributed by atoms with E-state index in [1.165, 1.54) is 0 Å². The van der Waals surface area contributed by atoms with Crippen molar-refractivity contribution < 1.29 is 4.52 Å². The summed E-state index contributed by atoms with van der Waals surface area (Å²) in [6, 6.07) is 1.96. The van der Waals surface area contributed by atoms with Crippen LogP contribution in [0.25, 0.3) is 0 Å². The first-order valence-electron chi connectivity index (χ1n) is 5.68. The molecule has 0 aromatic carbocycles. The Labute approximate surface area is 102 Å². The normalized spacial score (nSPS) is 11.6. The van der Waals surface area contributed by atoms with Gasteiger partial charge in [-0.05, 0) is 5.92 Å². The van der Waals surface area contributed by atoms with Crippen LogP contribution < -0.4 is 10.6 Å². The van der Waals surface area contributed by atoms with Crippen molar-refractivity contribution in [3.63, 3.8) is 0 Å². The molecule has 0 saturated heterocycles. The van der Waals surface area contributed by atoms with Gasteiger partial charge in [0.1, 0.15) is 0 Å². The summed E-state index contributed by atoms with van der Waals surface area (Å²) in [7, 11) is 1.72. The number of rotatable bonds is 5. The topological polar surface area (TPSA) is 62.5 Å². The summed E-state index contributed by atoms with van der Waals surface area (Å²) < 4.78 is 5.21. The molecule has 0 fully saturated rings. The van der Waals surface area contributed by atoms with Crippen molar-refractivity contribution in [1.29, 1.82) is 0 Å². The van der Waals surface area contributed by atoms with Gasteiger partial charge in [0.2, 0.25) is 0 Å². The third kappa shape index (κ3) is 4.30. The van der Waals surface area contributed by atoms with Crippen molar-refractivity contribution in [2.24, 2.45) is 4.99 Å². The van der Waals surface area contributed by atoms with Gasteiger partial charge < -0.3 is 15.2 Å². The molecule has 1 rings (SSSR count).